The Bertz CT molecular complexity index is 464. The molecule has 2 rings (SSSR count). The van der Waals surface area contributed by atoms with E-state index in [0.717, 1.165) is 19.3 Å². The molecule has 5 N–H and O–H groups in total. The van der Waals surface area contributed by atoms with Crippen LogP contribution in [-0.2, 0) is 0 Å². The summed E-state index contributed by atoms with van der Waals surface area (Å²) in [6, 6.07) is 1.69. The lowest BCUT2D eigenvalue weighted by Crippen LogP contribution is -2.39. The molecule has 2 atom stereocenters. The third kappa shape index (κ3) is 3.68. The summed E-state index contributed by atoms with van der Waals surface area (Å²) < 4.78 is 0. The van der Waals surface area contributed by atoms with Crippen molar-refractivity contribution in [1.29, 1.82) is 0 Å². The van der Waals surface area contributed by atoms with E-state index < -0.39 is 5.91 Å². The van der Waals surface area contributed by atoms with Crippen LogP contribution in [0.25, 0.3) is 0 Å². The summed E-state index contributed by atoms with van der Waals surface area (Å²) >= 11 is 1.23. The molecule has 2 unspecified atom stereocenters. The Morgan fingerprint density at radius 1 is 1.42 bits per heavy atom. The Kier molecular flexibility index (Phi) is 5.78. The molecule has 19 heavy (non-hydrogen) atoms. The van der Waals surface area contributed by atoms with Crippen LogP contribution in [0.3, 0.4) is 0 Å². The Labute approximate surface area is 122 Å². The second-order valence-electron chi connectivity index (χ2n) is 4.57. The monoisotopic (exact) mass is 303 g/mol. The number of halogens is 1. The fourth-order valence-corrected chi connectivity index (χ4v) is 3.13. The molecule has 1 aliphatic rings. The number of rotatable bonds is 4. The number of carbonyl (C=O) groups excluding carboxylic acids is 2. The lowest BCUT2D eigenvalue weighted by molar-refractivity contribution is 0.0933. The van der Waals surface area contributed by atoms with Gasteiger partial charge in [-0.05, 0) is 31.4 Å². The van der Waals surface area contributed by atoms with Crippen LogP contribution in [0.4, 0.5) is 0 Å². The van der Waals surface area contributed by atoms with Crippen LogP contribution in [0.1, 0.15) is 39.3 Å². The summed E-state index contributed by atoms with van der Waals surface area (Å²) in [6.45, 7) is 0.599. The Morgan fingerprint density at radius 2 is 2.16 bits per heavy atom. The molecule has 0 aliphatic heterocycles. The van der Waals surface area contributed by atoms with Gasteiger partial charge in [0, 0.05) is 11.4 Å². The standard InChI is InChI=1S/C12H17N3O2S.ClH/c13-5-7-2-1-3-9(7)15-12(17)10-4-8(6-18-10)11(14)16;/h4,6-7,9H,1-3,5,13H2,(H2,14,16)(H,15,17);1H. The summed E-state index contributed by atoms with van der Waals surface area (Å²) in [5.74, 6) is -0.284. The molecule has 106 valence electrons. The summed E-state index contributed by atoms with van der Waals surface area (Å²) in [4.78, 5) is 23.5. The Balaban J connectivity index is 0.00000180. The maximum atomic E-state index is 12.0. The van der Waals surface area contributed by atoms with Gasteiger partial charge in [0.25, 0.3) is 5.91 Å². The number of primary amides is 1. The Morgan fingerprint density at radius 3 is 2.74 bits per heavy atom. The average Bonchev–Trinajstić information content (AvgIpc) is 2.96. The number of nitrogens with two attached hydrogens (primary N) is 2. The molecular formula is C12H18ClN3O2S. The molecule has 1 aromatic heterocycles. The quantitative estimate of drug-likeness (QED) is 0.777. The van der Waals surface area contributed by atoms with Gasteiger partial charge in [0.15, 0.2) is 0 Å². The van der Waals surface area contributed by atoms with Gasteiger partial charge < -0.3 is 16.8 Å². The van der Waals surface area contributed by atoms with E-state index in [4.69, 9.17) is 11.5 Å². The largest absolute Gasteiger partial charge is 0.366 e. The van der Waals surface area contributed by atoms with Gasteiger partial charge in [-0.1, -0.05) is 6.42 Å². The first-order valence-electron chi connectivity index (χ1n) is 6.01. The van der Waals surface area contributed by atoms with E-state index in [1.165, 1.54) is 17.4 Å². The number of amides is 2. The molecule has 0 radical (unpaired) electrons. The van der Waals surface area contributed by atoms with Crippen LogP contribution >= 0.6 is 23.7 Å². The fraction of sp³-hybridized carbons (Fsp3) is 0.500. The third-order valence-corrected chi connectivity index (χ3v) is 4.32. The molecule has 0 spiro atoms. The van der Waals surface area contributed by atoms with Gasteiger partial charge in [0.2, 0.25) is 5.91 Å². The highest BCUT2D eigenvalue weighted by Gasteiger charge is 2.28. The van der Waals surface area contributed by atoms with E-state index in [-0.39, 0.29) is 24.4 Å². The van der Waals surface area contributed by atoms with E-state index in [1.807, 2.05) is 0 Å². The zero-order valence-corrected chi connectivity index (χ0v) is 12.1. The van der Waals surface area contributed by atoms with Crippen molar-refractivity contribution in [3.05, 3.63) is 21.9 Å². The lowest BCUT2D eigenvalue weighted by atomic mass is 10.0. The maximum absolute atomic E-state index is 12.0. The van der Waals surface area contributed by atoms with E-state index >= 15 is 0 Å². The number of carbonyl (C=O) groups is 2. The van der Waals surface area contributed by atoms with E-state index in [1.54, 1.807) is 5.38 Å². The Hall–Kier alpha value is -1.11. The van der Waals surface area contributed by atoms with Crippen LogP contribution in [0.2, 0.25) is 0 Å². The molecule has 1 aliphatic carbocycles. The second kappa shape index (κ2) is 6.88. The fourth-order valence-electron chi connectivity index (χ4n) is 2.33. The van der Waals surface area contributed by atoms with E-state index in [2.05, 4.69) is 5.32 Å². The summed E-state index contributed by atoms with van der Waals surface area (Å²) in [5, 5.41) is 4.59. The maximum Gasteiger partial charge on any atom is 0.261 e. The minimum absolute atomic E-state index is 0. The van der Waals surface area contributed by atoms with Crippen molar-refractivity contribution in [2.75, 3.05) is 6.54 Å². The topological polar surface area (TPSA) is 98.2 Å². The molecule has 1 fully saturated rings. The smallest absolute Gasteiger partial charge is 0.261 e. The van der Waals surface area contributed by atoms with Crippen molar-refractivity contribution in [2.45, 2.75) is 25.3 Å². The zero-order valence-electron chi connectivity index (χ0n) is 10.4. The molecular weight excluding hydrogens is 286 g/mol. The van der Waals surface area contributed by atoms with Crippen LogP contribution in [0.5, 0.6) is 0 Å². The highest BCUT2D eigenvalue weighted by molar-refractivity contribution is 7.12. The third-order valence-electron chi connectivity index (χ3n) is 3.39. The van der Waals surface area contributed by atoms with Gasteiger partial charge in [-0.15, -0.1) is 23.7 Å². The van der Waals surface area contributed by atoms with E-state index in [9.17, 15) is 9.59 Å². The van der Waals surface area contributed by atoms with Crippen LogP contribution in [-0.4, -0.2) is 24.4 Å². The molecule has 0 aromatic carbocycles. The van der Waals surface area contributed by atoms with Crippen LogP contribution < -0.4 is 16.8 Å². The van der Waals surface area contributed by atoms with Crippen LogP contribution in [0, 0.1) is 5.92 Å². The number of nitrogens with one attached hydrogen (secondary N) is 1. The highest BCUT2D eigenvalue weighted by Crippen LogP contribution is 2.25. The first-order valence-corrected chi connectivity index (χ1v) is 6.89. The summed E-state index contributed by atoms with van der Waals surface area (Å²) in [5.41, 5.74) is 11.2. The van der Waals surface area contributed by atoms with Gasteiger partial charge in [0.05, 0.1) is 10.4 Å². The molecule has 0 saturated heterocycles. The van der Waals surface area contributed by atoms with Crippen molar-refractivity contribution in [3.63, 3.8) is 0 Å². The van der Waals surface area contributed by atoms with Crippen molar-refractivity contribution in [3.8, 4) is 0 Å². The molecule has 0 bridgehead atoms. The minimum Gasteiger partial charge on any atom is -0.366 e. The molecule has 1 heterocycles. The zero-order chi connectivity index (χ0) is 13.1. The molecule has 1 saturated carbocycles. The highest BCUT2D eigenvalue weighted by atomic mass is 35.5. The molecule has 1 aromatic rings. The molecule has 2 amide bonds. The van der Waals surface area contributed by atoms with Crippen molar-refractivity contribution in [1.82, 2.24) is 5.32 Å². The number of hydrogen-bond acceptors (Lipinski definition) is 4. The molecule has 5 nitrogen and oxygen atoms in total. The summed E-state index contributed by atoms with van der Waals surface area (Å²) in [6.07, 6.45) is 3.14. The van der Waals surface area contributed by atoms with Gasteiger partial charge >= 0.3 is 0 Å². The normalized spacial score (nSPS) is 21.7. The predicted octanol–water partition coefficient (Wildman–Crippen LogP) is 1.13. The predicted molar refractivity (Wildman–Crippen MR) is 77.7 cm³/mol. The van der Waals surface area contributed by atoms with Gasteiger partial charge in [-0.3, -0.25) is 9.59 Å². The second-order valence-corrected chi connectivity index (χ2v) is 5.48. The molecule has 7 heteroatoms. The number of hydrogen-bond donors (Lipinski definition) is 3. The van der Waals surface area contributed by atoms with Crippen molar-refractivity contribution in [2.24, 2.45) is 17.4 Å². The lowest BCUT2D eigenvalue weighted by Gasteiger charge is -2.18. The minimum atomic E-state index is -0.508. The average molecular weight is 304 g/mol. The summed E-state index contributed by atoms with van der Waals surface area (Å²) in [7, 11) is 0. The van der Waals surface area contributed by atoms with Gasteiger partial charge in [-0.2, -0.15) is 0 Å². The SMILES string of the molecule is Cl.NCC1CCCC1NC(=O)c1cc(C(N)=O)cs1. The first kappa shape index (κ1) is 15.9. The number of thiophene rings is 1. The van der Waals surface area contributed by atoms with Crippen molar-refractivity contribution >= 4 is 35.6 Å². The van der Waals surface area contributed by atoms with Gasteiger partial charge in [0.1, 0.15) is 0 Å². The van der Waals surface area contributed by atoms with Crippen LogP contribution in [0.15, 0.2) is 11.4 Å². The van der Waals surface area contributed by atoms with Gasteiger partial charge in [-0.25, -0.2) is 0 Å². The first-order chi connectivity index (χ1) is 8.61. The van der Waals surface area contributed by atoms with Crippen molar-refractivity contribution < 1.29 is 9.59 Å². The van der Waals surface area contributed by atoms with E-state index in [0.29, 0.717) is 22.9 Å².